The first-order valence-corrected chi connectivity index (χ1v) is 11.4. The van der Waals surface area contributed by atoms with E-state index in [9.17, 15) is 13.2 Å². The van der Waals surface area contributed by atoms with Gasteiger partial charge in [0.15, 0.2) is 11.6 Å². The molecule has 1 aliphatic heterocycles. The maximum absolute atomic E-state index is 15.7. The molecule has 2 N–H and O–H groups in total. The number of ether oxygens (including phenoxy) is 1. The normalized spacial score (nSPS) is 18.6. The summed E-state index contributed by atoms with van der Waals surface area (Å²) in [5, 5.41) is 3.89. The van der Waals surface area contributed by atoms with Crippen LogP contribution in [0, 0.1) is 11.6 Å². The van der Waals surface area contributed by atoms with Crippen LogP contribution in [-0.4, -0.2) is 55.3 Å². The minimum absolute atomic E-state index is 0.0910. The summed E-state index contributed by atoms with van der Waals surface area (Å²) < 4.78 is 75.6. The number of hydrogen-bond acceptors (Lipinski definition) is 3. The zero-order valence-corrected chi connectivity index (χ0v) is 18.9. The molecule has 184 valence electrons. The molecule has 0 radical (unpaired) electrons. The molecule has 0 bridgehead atoms. The fourth-order valence-electron chi connectivity index (χ4n) is 4.72. The molecule has 4 nitrogen and oxygen atoms in total. The van der Waals surface area contributed by atoms with Crippen molar-refractivity contribution in [2.45, 2.75) is 38.3 Å². The van der Waals surface area contributed by atoms with Crippen molar-refractivity contribution >= 4 is 10.9 Å². The standard InChI is InChI=1S/C25H28F5N3O/c1-15-13-17-16-5-2-3-6-19(16)32-24(17)25(33(15)14-21(28)29)22-18(27)7-8-20(23(22)30)34-12-11-31-10-4-9-26/h2-3,5-8,15,21,25,31-32H,4,9-14H2,1H3. The van der Waals surface area contributed by atoms with Crippen LogP contribution in [0.3, 0.4) is 0 Å². The molecule has 0 aliphatic carbocycles. The molecule has 1 aliphatic rings. The predicted molar refractivity (Wildman–Crippen MR) is 121 cm³/mol. The minimum atomic E-state index is -2.67. The summed E-state index contributed by atoms with van der Waals surface area (Å²) in [5.74, 6) is -1.89. The van der Waals surface area contributed by atoms with E-state index in [1.54, 1.807) is 6.92 Å². The van der Waals surface area contributed by atoms with Crippen LogP contribution in [0.4, 0.5) is 22.0 Å². The molecule has 0 saturated heterocycles. The van der Waals surface area contributed by atoms with E-state index in [2.05, 4.69) is 10.3 Å². The Balaban J connectivity index is 1.73. The maximum Gasteiger partial charge on any atom is 0.251 e. The lowest BCUT2D eigenvalue weighted by molar-refractivity contribution is 0.0436. The number of hydrogen-bond donors (Lipinski definition) is 2. The molecule has 0 amide bonds. The average Bonchev–Trinajstić information content (AvgIpc) is 3.17. The summed E-state index contributed by atoms with van der Waals surface area (Å²) in [6.07, 6.45) is -1.83. The van der Waals surface area contributed by atoms with Gasteiger partial charge in [-0.3, -0.25) is 9.29 Å². The van der Waals surface area contributed by atoms with Crippen LogP contribution in [0.25, 0.3) is 10.9 Å². The number of rotatable bonds is 10. The molecule has 0 fully saturated rings. The van der Waals surface area contributed by atoms with Crippen molar-refractivity contribution in [2.75, 3.05) is 32.9 Å². The van der Waals surface area contributed by atoms with Gasteiger partial charge >= 0.3 is 0 Å². The number of halogens is 5. The number of fused-ring (bicyclic) bond motifs is 3. The lowest BCUT2D eigenvalue weighted by Gasteiger charge is -2.41. The summed E-state index contributed by atoms with van der Waals surface area (Å²) in [5.41, 5.74) is 1.86. The van der Waals surface area contributed by atoms with Crippen LogP contribution in [0.15, 0.2) is 36.4 Å². The second kappa shape index (κ2) is 10.7. The van der Waals surface area contributed by atoms with Gasteiger partial charge in [0.05, 0.1) is 24.8 Å². The molecule has 4 rings (SSSR count). The fourth-order valence-corrected chi connectivity index (χ4v) is 4.72. The summed E-state index contributed by atoms with van der Waals surface area (Å²) in [6.45, 7) is 1.64. The van der Waals surface area contributed by atoms with Gasteiger partial charge in [0.1, 0.15) is 12.4 Å². The van der Waals surface area contributed by atoms with Crippen molar-refractivity contribution in [1.29, 1.82) is 0 Å². The van der Waals surface area contributed by atoms with E-state index in [1.165, 1.54) is 11.0 Å². The molecule has 3 aromatic rings. The summed E-state index contributed by atoms with van der Waals surface area (Å²) in [7, 11) is 0. The molecule has 2 aromatic carbocycles. The fraction of sp³-hybridized carbons (Fsp3) is 0.440. The van der Waals surface area contributed by atoms with Gasteiger partial charge in [0.2, 0.25) is 0 Å². The third-order valence-corrected chi connectivity index (χ3v) is 6.25. The third kappa shape index (κ3) is 4.90. The Hall–Kier alpha value is -2.65. The first-order chi connectivity index (χ1) is 16.4. The van der Waals surface area contributed by atoms with E-state index in [-0.39, 0.29) is 24.0 Å². The summed E-state index contributed by atoms with van der Waals surface area (Å²) >= 11 is 0. The topological polar surface area (TPSA) is 40.3 Å². The number of para-hydroxylation sites is 1. The number of aromatic nitrogens is 1. The van der Waals surface area contributed by atoms with E-state index in [0.717, 1.165) is 22.5 Å². The highest BCUT2D eigenvalue weighted by atomic mass is 19.3. The Labute approximate surface area is 195 Å². The smallest absolute Gasteiger partial charge is 0.251 e. The molecule has 0 saturated carbocycles. The Kier molecular flexibility index (Phi) is 7.73. The van der Waals surface area contributed by atoms with Crippen LogP contribution in [0.2, 0.25) is 0 Å². The van der Waals surface area contributed by atoms with Crippen molar-refractivity contribution in [3.05, 3.63) is 64.9 Å². The minimum Gasteiger partial charge on any atom is -0.489 e. The maximum atomic E-state index is 15.7. The first-order valence-electron chi connectivity index (χ1n) is 11.4. The lowest BCUT2D eigenvalue weighted by Crippen LogP contribution is -2.45. The van der Waals surface area contributed by atoms with Gasteiger partial charge in [-0.1, -0.05) is 18.2 Å². The van der Waals surface area contributed by atoms with Crippen molar-refractivity contribution in [3.8, 4) is 5.75 Å². The van der Waals surface area contributed by atoms with Crippen LogP contribution < -0.4 is 10.1 Å². The molecule has 2 unspecified atom stereocenters. The van der Waals surface area contributed by atoms with Gasteiger partial charge in [0, 0.05) is 29.2 Å². The zero-order chi connectivity index (χ0) is 24.2. The SMILES string of the molecule is CC1Cc2c([nH]c3ccccc23)C(c2c(F)ccc(OCCNCCCF)c2F)N1CC(F)F. The number of benzene rings is 2. The van der Waals surface area contributed by atoms with Crippen LogP contribution >= 0.6 is 0 Å². The molecule has 9 heteroatoms. The first kappa shape index (κ1) is 24.5. The van der Waals surface area contributed by atoms with E-state index in [4.69, 9.17) is 4.74 Å². The highest BCUT2D eigenvalue weighted by Crippen LogP contribution is 2.43. The second-order valence-corrected chi connectivity index (χ2v) is 8.52. The quantitative estimate of drug-likeness (QED) is 0.302. The Morgan fingerprint density at radius 3 is 2.71 bits per heavy atom. The molecule has 2 heterocycles. The van der Waals surface area contributed by atoms with Crippen molar-refractivity contribution < 1.29 is 26.7 Å². The number of nitrogens with one attached hydrogen (secondary N) is 2. The van der Waals surface area contributed by atoms with Crippen LogP contribution in [0.1, 0.15) is 36.2 Å². The van der Waals surface area contributed by atoms with Gasteiger partial charge in [-0.15, -0.1) is 0 Å². The molecule has 34 heavy (non-hydrogen) atoms. The van der Waals surface area contributed by atoms with Gasteiger partial charge in [-0.25, -0.2) is 17.6 Å². The van der Waals surface area contributed by atoms with Crippen molar-refractivity contribution in [3.63, 3.8) is 0 Å². The average molecular weight is 482 g/mol. The molecule has 0 spiro atoms. The van der Waals surface area contributed by atoms with Crippen LogP contribution in [0.5, 0.6) is 5.75 Å². The number of alkyl halides is 3. The molecular formula is C25H28F5N3O. The highest BCUT2D eigenvalue weighted by molar-refractivity contribution is 5.85. The summed E-state index contributed by atoms with van der Waals surface area (Å²) in [6, 6.07) is 8.36. The lowest BCUT2D eigenvalue weighted by atomic mass is 9.88. The van der Waals surface area contributed by atoms with E-state index >= 15 is 8.78 Å². The second-order valence-electron chi connectivity index (χ2n) is 8.52. The monoisotopic (exact) mass is 481 g/mol. The zero-order valence-electron chi connectivity index (χ0n) is 18.9. The van der Waals surface area contributed by atoms with Crippen molar-refractivity contribution in [1.82, 2.24) is 15.2 Å². The van der Waals surface area contributed by atoms with E-state index < -0.39 is 37.3 Å². The number of nitrogens with zero attached hydrogens (tertiary/aromatic N) is 1. The van der Waals surface area contributed by atoms with Crippen LogP contribution in [-0.2, 0) is 6.42 Å². The number of aromatic amines is 1. The molecule has 1 aromatic heterocycles. The highest BCUT2D eigenvalue weighted by Gasteiger charge is 2.40. The van der Waals surface area contributed by atoms with Gasteiger partial charge in [-0.05, 0) is 50.1 Å². The van der Waals surface area contributed by atoms with E-state index in [0.29, 0.717) is 31.6 Å². The Morgan fingerprint density at radius 2 is 1.94 bits per heavy atom. The van der Waals surface area contributed by atoms with Gasteiger partial charge in [-0.2, -0.15) is 0 Å². The Bertz CT molecular complexity index is 1120. The van der Waals surface area contributed by atoms with Gasteiger partial charge < -0.3 is 15.0 Å². The summed E-state index contributed by atoms with van der Waals surface area (Å²) in [4.78, 5) is 4.68. The third-order valence-electron chi connectivity index (χ3n) is 6.25. The molecule has 2 atom stereocenters. The Morgan fingerprint density at radius 1 is 1.15 bits per heavy atom. The predicted octanol–water partition coefficient (Wildman–Crippen LogP) is 5.38. The largest absolute Gasteiger partial charge is 0.489 e. The number of H-pyrrole nitrogens is 1. The van der Waals surface area contributed by atoms with E-state index in [1.807, 2.05) is 24.3 Å². The molecular weight excluding hydrogens is 453 g/mol. The van der Waals surface area contributed by atoms with Crippen molar-refractivity contribution in [2.24, 2.45) is 0 Å². The van der Waals surface area contributed by atoms with Gasteiger partial charge in [0.25, 0.3) is 6.43 Å².